The Kier molecular flexibility index (Phi) is 4.71. The van der Waals surface area contributed by atoms with Crippen LogP contribution in [0.1, 0.15) is 24.7 Å². The maximum Gasteiger partial charge on any atom is 0.261 e. The van der Waals surface area contributed by atoms with Gasteiger partial charge in [0.05, 0.1) is 29.7 Å². The Morgan fingerprint density at radius 3 is 2.79 bits per heavy atom. The molecule has 0 N–H and O–H groups in total. The molecule has 1 aliphatic rings. The van der Waals surface area contributed by atoms with Gasteiger partial charge in [-0.3, -0.25) is 9.36 Å². The van der Waals surface area contributed by atoms with Gasteiger partial charge in [-0.1, -0.05) is 17.3 Å². The summed E-state index contributed by atoms with van der Waals surface area (Å²) < 4.78 is 58.9. The summed E-state index contributed by atoms with van der Waals surface area (Å²) in [6, 6.07) is 5.57. The molecule has 3 heterocycles. The van der Waals surface area contributed by atoms with Crippen LogP contribution in [-0.4, -0.2) is 40.4 Å². The van der Waals surface area contributed by atoms with Gasteiger partial charge in [0.15, 0.2) is 0 Å². The van der Waals surface area contributed by atoms with Gasteiger partial charge in [-0.2, -0.15) is 4.31 Å². The minimum atomic E-state index is -3.97. The molecular weight excluding hydrogens is 394 g/mol. The third-order valence-corrected chi connectivity index (χ3v) is 6.58. The molecule has 11 heteroatoms. The highest BCUT2D eigenvalue weighted by Gasteiger charge is 2.39. The predicted octanol–water partition coefficient (Wildman–Crippen LogP) is 2.18. The van der Waals surface area contributed by atoms with E-state index in [0.29, 0.717) is 18.4 Å². The van der Waals surface area contributed by atoms with Crippen LogP contribution in [0.4, 0.5) is 8.78 Å². The van der Waals surface area contributed by atoms with Crippen molar-refractivity contribution >= 4 is 20.9 Å². The molecule has 1 saturated heterocycles. The molecule has 0 saturated carbocycles. The van der Waals surface area contributed by atoms with Crippen LogP contribution >= 0.6 is 0 Å². The fourth-order valence-electron chi connectivity index (χ4n) is 3.50. The minimum Gasteiger partial charge on any atom is -0.363 e. The van der Waals surface area contributed by atoms with E-state index >= 15 is 0 Å². The molecule has 1 unspecified atom stereocenters. The second-order valence-electron chi connectivity index (χ2n) is 6.43. The third kappa shape index (κ3) is 3.10. The Bertz CT molecular complexity index is 1160. The molecule has 3 aromatic rings. The van der Waals surface area contributed by atoms with Crippen LogP contribution in [0, 0.1) is 0 Å². The summed E-state index contributed by atoms with van der Waals surface area (Å²) >= 11 is 0. The highest BCUT2D eigenvalue weighted by molar-refractivity contribution is 7.89. The molecule has 8 nitrogen and oxygen atoms in total. The summed E-state index contributed by atoms with van der Waals surface area (Å²) in [7, 11) is -3.97. The van der Waals surface area contributed by atoms with Crippen molar-refractivity contribution in [2.24, 2.45) is 0 Å². The summed E-state index contributed by atoms with van der Waals surface area (Å²) in [5.74, 6) is 0.0153. The van der Waals surface area contributed by atoms with Gasteiger partial charge in [0.2, 0.25) is 10.0 Å². The molecule has 1 fully saturated rings. The van der Waals surface area contributed by atoms with E-state index in [1.54, 1.807) is 18.2 Å². The number of para-hydroxylation sites is 1. The second kappa shape index (κ2) is 7.06. The average molecular weight is 410 g/mol. The number of hydrogen-bond acceptors (Lipinski definition) is 6. The molecule has 1 aromatic carbocycles. The van der Waals surface area contributed by atoms with Crippen LogP contribution in [0.15, 0.2) is 50.9 Å². The van der Waals surface area contributed by atoms with E-state index in [0.717, 1.165) is 21.3 Å². The molecule has 2 aromatic heterocycles. The average Bonchev–Trinajstić information content (AvgIpc) is 3.36. The summed E-state index contributed by atoms with van der Waals surface area (Å²) in [5.41, 5.74) is -0.280. The van der Waals surface area contributed by atoms with E-state index < -0.39 is 34.6 Å². The lowest BCUT2D eigenvalue weighted by atomic mass is 10.2. The van der Waals surface area contributed by atoms with E-state index in [-0.39, 0.29) is 22.7 Å². The van der Waals surface area contributed by atoms with Crippen molar-refractivity contribution in [2.75, 3.05) is 6.54 Å². The number of hydrogen-bond donors (Lipinski definition) is 0. The van der Waals surface area contributed by atoms with Crippen molar-refractivity contribution < 1.29 is 21.7 Å². The van der Waals surface area contributed by atoms with Gasteiger partial charge in [-0.05, 0) is 25.0 Å². The first-order valence-corrected chi connectivity index (χ1v) is 10.0. The number of fused-ring (bicyclic) bond motifs is 1. The molecule has 0 spiro atoms. The molecule has 1 aliphatic heterocycles. The van der Waals surface area contributed by atoms with E-state index in [9.17, 15) is 22.0 Å². The zero-order chi connectivity index (χ0) is 19.9. The van der Waals surface area contributed by atoms with Gasteiger partial charge in [0.1, 0.15) is 17.0 Å². The molecule has 28 heavy (non-hydrogen) atoms. The number of alkyl halides is 2. The van der Waals surface area contributed by atoms with Crippen LogP contribution in [0.25, 0.3) is 10.9 Å². The highest BCUT2D eigenvalue weighted by Crippen LogP contribution is 2.36. The quantitative estimate of drug-likeness (QED) is 0.639. The Balaban J connectivity index is 1.88. The number of rotatable bonds is 5. The van der Waals surface area contributed by atoms with Crippen LogP contribution < -0.4 is 5.56 Å². The smallest absolute Gasteiger partial charge is 0.261 e. The van der Waals surface area contributed by atoms with E-state index in [1.165, 1.54) is 6.07 Å². The summed E-state index contributed by atoms with van der Waals surface area (Å²) in [5, 5.41) is 3.63. The van der Waals surface area contributed by atoms with Gasteiger partial charge in [-0.15, -0.1) is 0 Å². The number of sulfonamides is 1. The van der Waals surface area contributed by atoms with Crippen LogP contribution in [0.2, 0.25) is 0 Å². The summed E-state index contributed by atoms with van der Waals surface area (Å²) in [6.07, 6.45) is 0.157. The third-order valence-electron chi connectivity index (χ3n) is 4.73. The number of aromatic nitrogens is 3. The number of benzene rings is 1. The van der Waals surface area contributed by atoms with Crippen molar-refractivity contribution in [1.82, 2.24) is 19.0 Å². The molecular formula is C17H16F2N4O4S. The Morgan fingerprint density at radius 1 is 1.29 bits per heavy atom. The zero-order valence-electron chi connectivity index (χ0n) is 14.5. The van der Waals surface area contributed by atoms with Crippen LogP contribution in [0.3, 0.4) is 0 Å². The van der Waals surface area contributed by atoms with Gasteiger partial charge in [0, 0.05) is 6.54 Å². The molecule has 148 valence electrons. The topological polar surface area (TPSA) is 98.3 Å². The first-order valence-electron chi connectivity index (χ1n) is 8.58. The SMILES string of the molecule is O=c1c2ccccc2nc(C2CCCN2S(=O)(=O)c2cnoc2)n1CC(F)F. The van der Waals surface area contributed by atoms with Gasteiger partial charge >= 0.3 is 0 Å². The standard InChI is InChI=1S/C17H16F2N4O4S/c18-15(19)9-22-16(21-13-5-2-1-4-12(13)17(22)24)14-6-3-7-23(14)28(25,26)11-8-20-27-10-11/h1-2,4-5,8,10,14-15H,3,6-7,9H2. The molecule has 0 bridgehead atoms. The lowest BCUT2D eigenvalue weighted by Gasteiger charge is -2.25. The zero-order valence-corrected chi connectivity index (χ0v) is 15.3. The fraction of sp³-hybridized carbons (Fsp3) is 0.353. The molecule has 0 aliphatic carbocycles. The largest absolute Gasteiger partial charge is 0.363 e. The number of halogens is 2. The Labute approximate surface area is 158 Å². The first kappa shape index (κ1) is 18.7. The van der Waals surface area contributed by atoms with Crippen molar-refractivity contribution in [2.45, 2.75) is 36.7 Å². The van der Waals surface area contributed by atoms with Crippen LogP contribution in [-0.2, 0) is 16.6 Å². The van der Waals surface area contributed by atoms with E-state index in [4.69, 9.17) is 0 Å². The summed E-state index contributed by atoms with van der Waals surface area (Å²) in [4.78, 5) is 17.1. The lowest BCUT2D eigenvalue weighted by Crippen LogP contribution is -2.36. The van der Waals surface area contributed by atoms with Crippen LogP contribution in [0.5, 0.6) is 0 Å². The van der Waals surface area contributed by atoms with Crippen molar-refractivity contribution in [3.8, 4) is 0 Å². The van der Waals surface area contributed by atoms with Gasteiger partial charge < -0.3 is 4.52 Å². The van der Waals surface area contributed by atoms with Gasteiger partial charge in [-0.25, -0.2) is 22.2 Å². The fourth-order valence-corrected chi connectivity index (χ4v) is 5.01. The molecule has 1 atom stereocenters. The predicted molar refractivity (Wildman–Crippen MR) is 94.4 cm³/mol. The van der Waals surface area contributed by atoms with Crippen molar-refractivity contribution in [3.05, 3.63) is 52.9 Å². The maximum atomic E-state index is 13.2. The van der Waals surface area contributed by atoms with E-state index in [2.05, 4.69) is 14.7 Å². The van der Waals surface area contributed by atoms with E-state index in [1.807, 2.05) is 0 Å². The highest BCUT2D eigenvalue weighted by atomic mass is 32.2. The van der Waals surface area contributed by atoms with Gasteiger partial charge in [0.25, 0.3) is 12.0 Å². The first-order chi connectivity index (χ1) is 13.4. The molecule has 0 amide bonds. The number of nitrogens with zero attached hydrogens (tertiary/aromatic N) is 4. The Morgan fingerprint density at radius 2 is 2.07 bits per heavy atom. The second-order valence-corrected chi connectivity index (χ2v) is 8.32. The monoisotopic (exact) mass is 410 g/mol. The van der Waals surface area contributed by atoms with Crippen molar-refractivity contribution in [3.63, 3.8) is 0 Å². The normalized spacial score (nSPS) is 18.3. The lowest BCUT2D eigenvalue weighted by molar-refractivity contribution is 0.122. The Hall–Kier alpha value is -2.66. The molecule has 4 rings (SSSR count). The maximum absolute atomic E-state index is 13.2. The van der Waals surface area contributed by atoms with Crippen molar-refractivity contribution in [1.29, 1.82) is 0 Å². The molecule has 0 radical (unpaired) electrons. The minimum absolute atomic E-state index is 0.0153. The summed E-state index contributed by atoms with van der Waals surface area (Å²) in [6.45, 7) is -0.681.